The van der Waals surface area contributed by atoms with Gasteiger partial charge in [-0.3, -0.25) is 4.98 Å². The number of hydrogen-bond acceptors (Lipinski definition) is 2. The van der Waals surface area contributed by atoms with Gasteiger partial charge in [0.15, 0.2) is 0 Å². The van der Waals surface area contributed by atoms with Crippen LogP contribution in [0.4, 0.5) is 4.39 Å². The molecule has 0 fully saturated rings. The van der Waals surface area contributed by atoms with Gasteiger partial charge in [-0.2, -0.15) is 0 Å². The molecule has 0 saturated heterocycles. The monoisotopic (exact) mass is 313 g/mol. The van der Waals surface area contributed by atoms with Crippen molar-refractivity contribution < 1.29 is 9.13 Å². The van der Waals surface area contributed by atoms with E-state index in [1.807, 2.05) is 18.2 Å². The predicted molar refractivity (Wildman–Crippen MR) is 85.4 cm³/mol. The molecule has 2 aromatic carbocycles. The molecule has 0 aliphatic heterocycles. The van der Waals surface area contributed by atoms with Crippen LogP contribution < -0.4 is 4.74 Å². The highest BCUT2D eigenvalue weighted by Gasteiger charge is 2.06. The van der Waals surface area contributed by atoms with E-state index in [4.69, 9.17) is 16.3 Å². The number of ether oxygens (including phenoxy) is 1. The maximum absolute atomic E-state index is 13.8. The van der Waals surface area contributed by atoms with Gasteiger partial charge in [0.05, 0.1) is 5.02 Å². The van der Waals surface area contributed by atoms with Gasteiger partial charge in [-0.05, 0) is 24.3 Å². The molecule has 0 bridgehead atoms. The smallest absolute Gasteiger partial charge is 0.138 e. The van der Waals surface area contributed by atoms with E-state index in [-0.39, 0.29) is 5.82 Å². The van der Waals surface area contributed by atoms with Crippen molar-refractivity contribution >= 4 is 11.6 Å². The summed E-state index contributed by atoms with van der Waals surface area (Å²) in [7, 11) is 0. The normalized spacial score (nSPS) is 10.5. The zero-order chi connectivity index (χ0) is 15.4. The first-order valence-electron chi connectivity index (χ1n) is 6.80. The molecule has 0 N–H and O–H groups in total. The number of nitrogens with zero attached hydrogens (tertiary/aromatic N) is 1. The Labute approximate surface area is 133 Å². The molecule has 0 amide bonds. The van der Waals surface area contributed by atoms with Crippen molar-refractivity contribution in [3.8, 4) is 16.9 Å². The maximum Gasteiger partial charge on any atom is 0.138 e. The highest BCUT2D eigenvalue weighted by molar-refractivity contribution is 6.32. The van der Waals surface area contributed by atoms with E-state index in [0.29, 0.717) is 22.9 Å². The van der Waals surface area contributed by atoms with Gasteiger partial charge in [0.25, 0.3) is 0 Å². The summed E-state index contributed by atoms with van der Waals surface area (Å²) in [5.74, 6) is 0.342. The van der Waals surface area contributed by atoms with Crippen molar-refractivity contribution in [1.29, 1.82) is 0 Å². The van der Waals surface area contributed by atoms with Crippen molar-refractivity contribution in [2.45, 2.75) is 6.61 Å². The SMILES string of the molecule is Fc1ccccc1-c1cncc(COc2ccccc2Cl)c1. The molecule has 0 aliphatic carbocycles. The Morgan fingerprint density at radius 1 is 1.00 bits per heavy atom. The molecule has 0 atom stereocenters. The first-order valence-corrected chi connectivity index (χ1v) is 7.18. The van der Waals surface area contributed by atoms with Gasteiger partial charge in [-0.1, -0.05) is 41.9 Å². The largest absolute Gasteiger partial charge is 0.487 e. The second kappa shape index (κ2) is 6.58. The molecule has 110 valence electrons. The first kappa shape index (κ1) is 14.5. The number of halogens is 2. The number of rotatable bonds is 4. The van der Waals surface area contributed by atoms with Gasteiger partial charge in [-0.15, -0.1) is 0 Å². The Kier molecular flexibility index (Phi) is 4.35. The molecule has 3 aromatic rings. The van der Waals surface area contributed by atoms with Crippen LogP contribution in [0, 0.1) is 5.82 Å². The third kappa shape index (κ3) is 3.26. The Balaban J connectivity index is 1.80. The number of aromatic nitrogens is 1. The van der Waals surface area contributed by atoms with Crippen molar-refractivity contribution in [1.82, 2.24) is 4.98 Å². The van der Waals surface area contributed by atoms with Crippen LogP contribution in [-0.2, 0) is 6.61 Å². The van der Waals surface area contributed by atoms with Gasteiger partial charge >= 0.3 is 0 Å². The van der Waals surface area contributed by atoms with E-state index in [9.17, 15) is 4.39 Å². The summed E-state index contributed by atoms with van der Waals surface area (Å²) in [6.07, 6.45) is 3.33. The molecular formula is C18H13ClFNO. The first-order chi connectivity index (χ1) is 10.7. The lowest BCUT2D eigenvalue weighted by Crippen LogP contribution is -1.97. The third-order valence-corrected chi connectivity index (χ3v) is 3.52. The van der Waals surface area contributed by atoms with Gasteiger partial charge in [0.1, 0.15) is 18.2 Å². The van der Waals surface area contributed by atoms with Gasteiger partial charge in [0.2, 0.25) is 0 Å². The third-order valence-electron chi connectivity index (χ3n) is 3.21. The van der Waals surface area contributed by atoms with Crippen LogP contribution in [0.1, 0.15) is 5.56 Å². The molecule has 0 saturated carbocycles. The molecule has 3 rings (SSSR count). The summed E-state index contributed by atoms with van der Waals surface area (Å²) in [5.41, 5.74) is 2.09. The van der Waals surface area contributed by atoms with Crippen LogP contribution in [0.5, 0.6) is 5.75 Å². The quantitative estimate of drug-likeness (QED) is 0.667. The molecule has 0 unspecified atom stereocenters. The summed E-state index contributed by atoms with van der Waals surface area (Å²) in [4.78, 5) is 4.16. The minimum atomic E-state index is -0.270. The summed E-state index contributed by atoms with van der Waals surface area (Å²) < 4.78 is 19.5. The molecule has 1 heterocycles. The molecular weight excluding hydrogens is 301 g/mol. The van der Waals surface area contributed by atoms with Gasteiger partial charge in [-0.25, -0.2) is 4.39 Å². The van der Waals surface area contributed by atoms with Crippen LogP contribution in [0.15, 0.2) is 67.0 Å². The number of benzene rings is 2. The Bertz CT molecular complexity index is 791. The van der Waals surface area contributed by atoms with Crippen LogP contribution in [0.25, 0.3) is 11.1 Å². The molecule has 0 radical (unpaired) electrons. The summed E-state index contributed by atoms with van der Waals surface area (Å²) >= 11 is 6.05. The van der Waals surface area contributed by atoms with E-state index in [0.717, 1.165) is 11.1 Å². The molecule has 0 aliphatic rings. The van der Waals surface area contributed by atoms with Crippen LogP contribution in [0.3, 0.4) is 0 Å². The van der Waals surface area contributed by atoms with E-state index in [1.54, 1.807) is 42.7 Å². The van der Waals surface area contributed by atoms with Crippen LogP contribution >= 0.6 is 11.6 Å². The fourth-order valence-corrected chi connectivity index (χ4v) is 2.32. The lowest BCUT2D eigenvalue weighted by Gasteiger charge is -2.09. The van der Waals surface area contributed by atoms with Crippen molar-refractivity contribution in [2.24, 2.45) is 0 Å². The Morgan fingerprint density at radius 3 is 2.59 bits per heavy atom. The fourth-order valence-electron chi connectivity index (χ4n) is 2.13. The van der Waals surface area contributed by atoms with Crippen molar-refractivity contribution in [2.75, 3.05) is 0 Å². The average molecular weight is 314 g/mol. The average Bonchev–Trinajstić information content (AvgIpc) is 2.55. The Hall–Kier alpha value is -2.39. The Morgan fingerprint density at radius 2 is 1.77 bits per heavy atom. The van der Waals surface area contributed by atoms with Crippen molar-refractivity contribution in [3.63, 3.8) is 0 Å². The van der Waals surface area contributed by atoms with Crippen LogP contribution in [0.2, 0.25) is 5.02 Å². The minimum Gasteiger partial charge on any atom is -0.487 e. The summed E-state index contributed by atoms with van der Waals surface area (Å²) in [6.45, 7) is 0.318. The second-order valence-corrected chi connectivity index (χ2v) is 5.19. The number of hydrogen-bond donors (Lipinski definition) is 0. The lowest BCUT2D eigenvalue weighted by atomic mass is 10.1. The number of pyridine rings is 1. The summed E-state index contributed by atoms with van der Waals surface area (Å²) in [6, 6.07) is 15.8. The highest BCUT2D eigenvalue weighted by atomic mass is 35.5. The molecule has 4 heteroatoms. The maximum atomic E-state index is 13.8. The van der Waals surface area contributed by atoms with E-state index in [2.05, 4.69) is 4.98 Å². The predicted octanol–water partition coefficient (Wildman–Crippen LogP) is 5.12. The fraction of sp³-hybridized carbons (Fsp3) is 0.0556. The molecule has 2 nitrogen and oxygen atoms in total. The number of para-hydroxylation sites is 1. The highest BCUT2D eigenvalue weighted by Crippen LogP contribution is 2.25. The van der Waals surface area contributed by atoms with Gasteiger partial charge in [0, 0.05) is 29.1 Å². The van der Waals surface area contributed by atoms with E-state index in [1.165, 1.54) is 6.07 Å². The molecule has 0 spiro atoms. The second-order valence-electron chi connectivity index (χ2n) is 4.78. The minimum absolute atomic E-state index is 0.270. The summed E-state index contributed by atoms with van der Waals surface area (Å²) in [5, 5.41) is 0.556. The molecule has 22 heavy (non-hydrogen) atoms. The lowest BCUT2D eigenvalue weighted by molar-refractivity contribution is 0.306. The molecule has 1 aromatic heterocycles. The zero-order valence-corrected chi connectivity index (χ0v) is 12.4. The van der Waals surface area contributed by atoms with Crippen molar-refractivity contribution in [3.05, 3.63) is 83.4 Å². The van der Waals surface area contributed by atoms with E-state index < -0.39 is 0 Å². The van der Waals surface area contributed by atoms with Crippen LogP contribution in [-0.4, -0.2) is 4.98 Å². The topological polar surface area (TPSA) is 22.1 Å². The standard InChI is InChI=1S/C18H13ClFNO/c19-16-6-2-4-8-18(16)22-12-13-9-14(11-21-10-13)15-5-1-3-7-17(15)20/h1-11H,12H2. The van der Waals surface area contributed by atoms with Gasteiger partial charge < -0.3 is 4.74 Å². The van der Waals surface area contributed by atoms with E-state index >= 15 is 0 Å². The zero-order valence-electron chi connectivity index (χ0n) is 11.7.